The predicted molar refractivity (Wildman–Crippen MR) is 164 cm³/mol. The number of hydrogen-bond donors (Lipinski definition) is 4. The first-order valence-corrected chi connectivity index (χ1v) is 14.0. The normalized spacial score (nSPS) is 15.3. The fourth-order valence-electron chi connectivity index (χ4n) is 5.15. The Morgan fingerprint density at radius 2 is 1.80 bits per heavy atom. The maximum absolute atomic E-state index is 13.9. The van der Waals surface area contributed by atoms with Gasteiger partial charge in [-0.05, 0) is 48.1 Å². The first-order valence-electron chi connectivity index (χ1n) is 14.0. The average molecular weight is 600 g/mol. The summed E-state index contributed by atoms with van der Waals surface area (Å²) in [6.45, 7) is 6.68. The number of nitrogens with zero attached hydrogens (tertiary/aromatic N) is 5. The highest BCUT2D eigenvalue weighted by atomic mass is 19.4. The quantitative estimate of drug-likeness (QED) is 0.137. The molecule has 1 aliphatic rings. The number of benzene rings is 2. The van der Waals surface area contributed by atoms with Gasteiger partial charge in [-0.1, -0.05) is 39.0 Å². The van der Waals surface area contributed by atoms with Crippen LogP contribution in [0.3, 0.4) is 0 Å². The Bertz CT molecular complexity index is 1840. The zero-order valence-corrected chi connectivity index (χ0v) is 24.5. The molecule has 9 nitrogen and oxygen atoms in total. The largest absolute Gasteiger partial charge is 0.413 e. The third-order valence-corrected chi connectivity index (χ3v) is 7.68. The second-order valence-corrected chi connectivity index (χ2v) is 12.2. The molecular weight excluding hydrogens is 567 g/mol. The molecule has 6 N–H and O–H groups in total. The molecule has 5 rings (SSSR count). The van der Waals surface area contributed by atoms with E-state index in [0.717, 1.165) is 11.6 Å². The van der Waals surface area contributed by atoms with Gasteiger partial charge in [0.1, 0.15) is 12.1 Å². The number of rotatable bonds is 8. The van der Waals surface area contributed by atoms with Crippen LogP contribution in [0.4, 0.5) is 24.5 Å². The van der Waals surface area contributed by atoms with E-state index in [0.29, 0.717) is 50.5 Å². The monoisotopic (exact) mass is 599 g/mol. The van der Waals surface area contributed by atoms with Gasteiger partial charge in [0.25, 0.3) is 0 Å². The summed E-state index contributed by atoms with van der Waals surface area (Å²) in [5.41, 5.74) is 7.51. The van der Waals surface area contributed by atoms with Crippen molar-refractivity contribution in [1.29, 1.82) is 10.5 Å². The molecule has 2 aromatic heterocycles. The van der Waals surface area contributed by atoms with Crippen molar-refractivity contribution in [1.82, 2.24) is 15.0 Å². The van der Waals surface area contributed by atoms with Gasteiger partial charge in [-0.3, -0.25) is 9.97 Å². The van der Waals surface area contributed by atoms with Crippen LogP contribution in [0, 0.1) is 28.1 Å². The van der Waals surface area contributed by atoms with E-state index in [4.69, 9.17) is 11.6 Å². The number of fused-ring (bicyclic) bond motifs is 2. The van der Waals surface area contributed by atoms with E-state index >= 15 is 0 Å². The minimum Gasteiger partial charge on any atom is -0.399 e. The average Bonchev–Trinajstić information content (AvgIpc) is 3.80. The number of anilines is 2. The Morgan fingerprint density at radius 1 is 1.07 bits per heavy atom. The lowest BCUT2D eigenvalue weighted by Crippen LogP contribution is -2.49. The topological polar surface area (TPSA) is 153 Å². The van der Waals surface area contributed by atoms with Crippen LogP contribution in [0.15, 0.2) is 66.8 Å². The van der Waals surface area contributed by atoms with Gasteiger partial charge in [-0.2, -0.15) is 23.7 Å². The van der Waals surface area contributed by atoms with Crippen LogP contribution in [0.1, 0.15) is 56.3 Å². The van der Waals surface area contributed by atoms with E-state index in [2.05, 4.69) is 32.7 Å². The molecule has 0 spiro atoms. The molecule has 1 fully saturated rings. The van der Waals surface area contributed by atoms with Crippen LogP contribution in [0.5, 0.6) is 0 Å². The van der Waals surface area contributed by atoms with Crippen molar-refractivity contribution in [2.75, 3.05) is 17.2 Å². The highest BCUT2D eigenvalue weighted by Crippen LogP contribution is 2.52. The molecule has 2 heterocycles. The fraction of sp³-hybridized carbons (Fsp3) is 0.312. The standard InChI is InChI=1S/C32H32F3N9/c1-30(2,3)18-42-28-20(15-37)16-41-27-19(14-36)12-21(13-24(27)28)43-29(23-6-4-8-26-22(23)7-5-11-40-26)25(38)17-44(39)31(9-10-31)32(33,34)35/h4-8,11-13,16-17,29,43H,9-10,18,38-39H2,1-3H3,(H,41,42)/b25-17-/t29-/m0/s1. The maximum Gasteiger partial charge on any atom is 0.413 e. The molecule has 1 saturated carbocycles. The molecule has 0 amide bonds. The van der Waals surface area contributed by atoms with Crippen LogP contribution in [0.2, 0.25) is 0 Å². The van der Waals surface area contributed by atoms with Crippen LogP contribution >= 0.6 is 0 Å². The number of hydrazine groups is 1. The second-order valence-electron chi connectivity index (χ2n) is 12.2. The van der Waals surface area contributed by atoms with Gasteiger partial charge in [0.15, 0.2) is 5.54 Å². The van der Waals surface area contributed by atoms with Gasteiger partial charge in [0, 0.05) is 41.6 Å². The molecule has 12 heteroatoms. The lowest BCUT2D eigenvalue weighted by atomic mass is 9.96. The number of alkyl halides is 3. The Kier molecular flexibility index (Phi) is 7.74. The predicted octanol–water partition coefficient (Wildman–Crippen LogP) is 6.21. The van der Waals surface area contributed by atoms with Crippen molar-refractivity contribution in [2.45, 2.75) is 51.4 Å². The van der Waals surface area contributed by atoms with Crippen LogP contribution < -0.4 is 22.2 Å². The Morgan fingerprint density at radius 3 is 2.43 bits per heavy atom. The van der Waals surface area contributed by atoms with E-state index in [1.807, 2.05) is 32.9 Å². The summed E-state index contributed by atoms with van der Waals surface area (Å²) >= 11 is 0. The molecule has 1 atom stereocenters. The van der Waals surface area contributed by atoms with Crippen LogP contribution in [-0.4, -0.2) is 33.2 Å². The number of pyridine rings is 2. The number of nitrogens with one attached hydrogen (secondary N) is 2. The summed E-state index contributed by atoms with van der Waals surface area (Å²) in [4.78, 5) is 8.80. The number of nitriles is 2. The number of aromatic nitrogens is 2. The van der Waals surface area contributed by atoms with Crippen molar-refractivity contribution < 1.29 is 13.2 Å². The van der Waals surface area contributed by atoms with E-state index in [-0.39, 0.29) is 29.5 Å². The van der Waals surface area contributed by atoms with E-state index in [1.165, 1.54) is 6.20 Å². The molecule has 44 heavy (non-hydrogen) atoms. The number of hydrogen-bond acceptors (Lipinski definition) is 9. The minimum absolute atomic E-state index is 0.0213. The number of halogens is 3. The Hall–Kier alpha value is -5.07. The summed E-state index contributed by atoms with van der Waals surface area (Å²) in [5.74, 6) is 5.99. The molecule has 0 aliphatic heterocycles. The highest BCUT2D eigenvalue weighted by molar-refractivity contribution is 5.99. The highest BCUT2D eigenvalue weighted by Gasteiger charge is 2.66. The van der Waals surface area contributed by atoms with E-state index in [9.17, 15) is 23.7 Å². The zero-order chi connectivity index (χ0) is 31.9. The van der Waals surface area contributed by atoms with Crippen LogP contribution in [-0.2, 0) is 0 Å². The van der Waals surface area contributed by atoms with Crippen molar-refractivity contribution in [3.63, 3.8) is 0 Å². The van der Waals surface area contributed by atoms with Gasteiger partial charge in [-0.15, -0.1) is 0 Å². The van der Waals surface area contributed by atoms with Gasteiger partial charge < -0.3 is 21.4 Å². The van der Waals surface area contributed by atoms with Gasteiger partial charge >= 0.3 is 6.18 Å². The first-order chi connectivity index (χ1) is 20.8. The zero-order valence-electron chi connectivity index (χ0n) is 24.5. The SMILES string of the molecule is CC(C)(C)CNc1c(C#N)cnc2c(C#N)cc(N[C@H](/C(N)=C/N(N)C3(C(F)(F)F)CC3)c3cccc4ncccc34)cc12. The summed E-state index contributed by atoms with van der Waals surface area (Å²) in [7, 11) is 0. The molecule has 2 aromatic carbocycles. The van der Waals surface area contributed by atoms with Crippen molar-refractivity contribution in [2.24, 2.45) is 17.0 Å². The Balaban J connectivity index is 1.66. The van der Waals surface area contributed by atoms with Crippen molar-refractivity contribution >= 4 is 33.2 Å². The third kappa shape index (κ3) is 5.77. The second kappa shape index (κ2) is 11.2. The van der Waals surface area contributed by atoms with E-state index in [1.54, 1.807) is 36.5 Å². The third-order valence-electron chi connectivity index (χ3n) is 7.68. The molecule has 0 bridgehead atoms. The molecule has 1 aliphatic carbocycles. The molecule has 4 aromatic rings. The van der Waals surface area contributed by atoms with Crippen molar-refractivity contribution in [3.05, 3.63) is 83.4 Å². The summed E-state index contributed by atoms with van der Waals surface area (Å²) in [5, 5.41) is 28.5. The maximum atomic E-state index is 13.9. The molecule has 226 valence electrons. The molecule has 0 radical (unpaired) electrons. The molecule has 0 unspecified atom stereocenters. The summed E-state index contributed by atoms with van der Waals surface area (Å²) in [6, 6.07) is 15.8. The summed E-state index contributed by atoms with van der Waals surface area (Å²) in [6.07, 6.45) is -0.621. The summed E-state index contributed by atoms with van der Waals surface area (Å²) < 4.78 is 41.6. The number of nitrogens with two attached hydrogens (primary N) is 2. The lowest BCUT2D eigenvalue weighted by molar-refractivity contribution is -0.189. The van der Waals surface area contributed by atoms with Gasteiger partial charge in [-0.25, -0.2) is 5.84 Å². The van der Waals surface area contributed by atoms with Crippen molar-refractivity contribution in [3.8, 4) is 12.1 Å². The first kappa shape index (κ1) is 30.4. The minimum atomic E-state index is -4.53. The Labute approximate surface area is 252 Å². The lowest BCUT2D eigenvalue weighted by Gasteiger charge is -2.30. The van der Waals surface area contributed by atoms with E-state index < -0.39 is 17.8 Å². The van der Waals surface area contributed by atoms with Gasteiger partial charge in [0.2, 0.25) is 0 Å². The van der Waals surface area contributed by atoms with Crippen LogP contribution in [0.25, 0.3) is 21.8 Å². The molecule has 0 saturated heterocycles. The molecular formula is C32H32F3N9. The van der Waals surface area contributed by atoms with Gasteiger partial charge in [0.05, 0.1) is 39.6 Å². The smallest absolute Gasteiger partial charge is 0.399 e. The fourth-order valence-corrected chi connectivity index (χ4v) is 5.15.